The Kier molecular flexibility index (Phi) is 6.78. The average Bonchev–Trinajstić information content (AvgIpc) is 2.35. The van der Waals surface area contributed by atoms with Gasteiger partial charge in [0.1, 0.15) is 16.9 Å². The number of hydrogen-bond donors (Lipinski definition) is 2. The summed E-state index contributed by atoms with van der Waals surface area (Å²) in [6.45, 7) is 0.968. The standard InChI is InChI=1S/C11H14ClN3OS/c12-10-9(8-13)2-3-14-11(10)15-4-7-17-6-1-5-16/h2-3,16H,1,4-7H2,(H,14,15). The molecule has 0 saturated carbocycles. The van der Waals surface area contributed by atoms with E-state index in [4.69, 9.17) is 22.0 Å². The van der Waals surface area contributed by atoms with Gasteiger partial charge in [-0.05, 0) is 18.2 Å². The van der Waals surface area contributed by atoms with E-state index in [1.165, 1.54) is 0 Å². The summed E-state index contributed by atoms with van der Waals surface area (Å²) in [4.78, 5) is 4.08. The van der Waals surface area contributed by atoms with Crippen LogP contribution in [0.2, 0.25) is 5.02 Å². The van der Waals surface area contributed by atoms with E-state index >= 15 is 0 Å². The number of aliphatic hydroxyl groups excluding tert-OH is 1. The zero-order valence-corrected chi connectivity index (χ0v) is 10.9. The highest BCUT2D eigenvalue weighted by Crippen LogP contribution is 2.22. The molecule has 0 saturated heterocycles. The summed E-state index contributed by atoms with van der Waals surface area (Å²) < 4.78 is 0. The predicted molar refractivity (Wildman–Crippen MR) is 71.5 cm³/mol. The van der Waals surface area contributed by atoms with E-state index in [1.807, 2.05) is 6.07 Å². The van der Waals surface area contributed by atoms with Crippen molar-refractivity contribution in [1.29, 1.82) is 5.26 Å². The average molecular weight is 272 g/mol. The van der Waals surface area contributed by atoms with Gasteiger partial charge < -0.3 is 10.4 Å². The van der Waals surface area contributed by atoms with E-state index in [2.05, 4.69) is 10.3 Å². The zero-order chi connectivity index (χ0) is 12.5. The molecule has 2 N–H and O–H groups in total. The van der Waals surface area contributed by atoms with Gasteiger partial charge in [0.15, 0.2) is 0 Å². The second-order valence-corrected chi connectivity index (χ2v) is 4.85. The molecule has 0 radical (unpaired) electrons. The fraction of sp³-hybridized carbons (Fsp3) is 0.455. The highest BCUT2D eigenvalue weighted by Gasteiger charge is 2.05. The van der Waals surface area contributed by atoms with Crippen LogP contribution in [0.25, 0.3) is 0 Å². The summed E-state index contributed by atoms with van der Waals surface area (Å²) in [6.07, 6.45) is 2.37. The molecule has 0 atom stereocenters. The third-order valence-corrected chi connectivity index (χ3v) is 3.45. The van der Waals surface area contributed by atoms with Crippen LogP contribution in [-0.2, 0) is 0 Å². The molecule has 0 aliphatic carbocycles. The number of nitrogens with zero attached hydrogens (tertiary/aromatic N) is 2. The predicted octanol–water partition coefficient (Wildman–Crippen LogP) is 2.13. The van der Waals surface area contributed by atoms with Gasteiger partial charge in [-0.3, -0.25) is 0 Å². The SMILES string of the molecule is N#Cc1ccnc(NCCSCCCO)c1Cl. The Labute approximate surface area is 110 Å². The Morgan fingerprint density at radius 3 is 3.06 bits per heavy atom. The first-order valence-electron chi connectivity index (χ1n) is 5.26. The first-order chi connectivity index (χ1) is 8.29. The van der Waals surface area contributed by atoms with Crippen molar-refractivity contribution in [2.45, 2.75) is 6.42 Å². The van der Waals surface area contributed by atoms with Gasteiger partial charge in [0.05, 0.1) is 5.56 Å². The molecular weight excluding hydrogens is 258 g/mol. The number of aromatic nitrogens is 1. The van der Waals surface area contributed by atoms with E-state index < -0.39 is 0 Å². The second kappa shape index (κ2) is 8.18. The van der Waals surface area contributed by atoms with Gasteiger partial charge in [-0.2, -0.15) is 17.0 Å². The van der Waals surface area contributed by atoms with Crippen LogP contribution in [0.5, 0.6) is 0 Å². The molecule has 1 aromatic rings. The van der Waals surface area contributed by atoms with E-state index in [9.17, 15) is 0 Å². The lowest BCUT2D eigenvalue weighted by molar-refractivity contribution is 0.296. The number of hydrogen-bond acceptors (Lipinski definition) is 5. The van der Waals surface area contributed by atoms with Gasteiger partial charge in [0, 0.05) is 25.1 Å². The monoisotopic (exact) mass is 271 g/mol. The van der Waals surface area contributed by atoms with Crippen molar-refractivity contribution in [3.05, 3.63) is 22.8 Å². The fourth-order valence-electron chi connectivity index (χ4n) is 1.16. The summed E-state index contributed by atoms with van der Waals surface area (Å²) in [5.41, 5.74) is 0.428. The molecule has 0 spiro atoms. The fourth-order valence-corrected chi connectivity index (χ4v) is 2.17. The van der Waals surface area contributed by atoms with Crippen LogP contribution in [0, 0.1) is 11.3 Å². The highest BCUT2D eigenvalue weighted by molar-refractivity contribution is 7.99. The summed E-state index contributed by atoms with van der Waals surface area (Å²) in [7, 11) is 0. The number of pyridine rings is 1. The molecule has 0 aromatic carbocycles. The zero-order valence-electron chi connectivity index (χ0n) is 9.32. The maximum Gasteiger partial charge on any atom is 0.146 e. The van der Waals surface area contributed by atoms with Crippen LogP contribution in [-0.4, -0.2) is 34.7 Å². The summed E-state index contributed by atoms with van der Waals surface area (Å²) in [5.74, 6) is 2.40. The molecule has 6 heteroatoms. The maximum absolute atomic E-state index is 8.79. The minimum Gasteiger partial charge on any atom is -0.396 e. The maximum atomic E-state index is 8.79. The van der Waals surface area contributed by atoms with Gasteiger partial charge in [0.25, 0.3) is 0 Å². The Morgan fingerprint density at radius 2 is 2.35 bits per heavy atom. The molecule has 17 heavy (non-hydrogen) atoms. The lowest BCUT2D eigenvalue weighted by Gasteiger charge is -2.07. The summed E-state index contributed by atoms with van der Waals surface area (Å²) in [5, 5.41) is 20.9. The smallest absolute Gasteiger partial charge is 0.146 e. The molecule has 0 bridgehead atoms. The Bertz CT molecular complexity index is 395. The molecular formula is C11H14ClN3OS. The molecule has 1 heterocycles. The van der Waals surface area contributed by atoms with E-state index in [1.54, 1.807) is 24.0 Å². The van der Waals surface area contributed by atoms with Crippen LogP contribution >= 0.6 is 23.4 Å². The van der Waals surface area contributed by atoms with Crippen molar-refractivity contribution in [2.75, 3.05) is 30.0 Å². The first kappa shape index (κ1) is 14.1. The lowest BCUT2D eigenvalue weighted by atomic mass is 10.3. The van der Waals surface area contributed by atoms with Crippen LogP contribution in [0.15, 0.2) is 12.3 Å². The molecule has 1 rings (SSSR count). The second-order valence-electron chi connectivity index (χ2n) is 3.25. The minimum absolute atomic E-state index is 0.234. The topological polar surface area (TPSA) is 68.9 Å². The van der Waals surface area contributed by atoms with Crippen LogP contribution in [0.3, 0.4) is 0 Å². The number of rotatable bonds is 7. The van der Waals surface area contributed by atoms with Gasteiger partial charge in [0.2, 0.25) is 0 Å². The number of nitriles is 1. The van der Waals surface area contributed by atoms with Crippen molar-refractivity contribution in [3.63, 3.8) is 0 Å². The number of halogens is 1. The summed E-state index contributed by atoms with van der Waals surface area (Å²) in [6, 6.07) is 3.60. The van der Waals surface area contributed by atoms with E-state index in [0.29, 0.717) is 16.4 Å². The van der Waals surface area contributed by atoms with Crippen molar-refractivity contribution in [1.82, 2.24) is 4.98 Å². The molecule has 0 amide bonds. The third-order valence-electron chi connectivity index (χ3n) is 2.00. The van der Waals surface area contributed by atoms with Gasteiger partial charge in [-0.1, -0.05) is 11.6 Å². The normalized spacial score (nSPS) is 9.94. The summed E-state index contributed by atoms with van der Waals surface area (Å²) >= 11 is 7.74. The van der Waals surface area contributed by atoms with Gasteiger partial charge in [-0.15, -0.1) is 0 Å². The molecule has 0 aliphatic heterocycles. The highest BCUT2D eigenvalue weighted by atomic mass is 35.5. The molecule has 1 aromatic heterocycles. The van der Waals surface area contributed by atoms with Crippen molar-refractivity contribution < 1.29 is 5.11 Å². The molecule has 92 valence electrons. The third kappa shape index (κ3) is 4.82. The first-order valence-corrected chi connectivity index (χ1v) is 6.80. The van der Waals surface area contributed by atoms with Crippen LogP contribution < -0.4 is 5.32 Å². The van der Waals surface area contributed by atoms with Crippen LogP contribution in [0.1, 0.15) is 12.0 Å². The largest absolute Gasteiger partial charge is 0.396 e. The molecule has 0 aliphatic rings. The number of thioether (sulfide) groups is 1. The molecule has 0 unspecified atom stereocenters. The number of aliphatic hydroxyl groups is 1. The Hall–Kier alpha value is -0.960. The van der Waals surface area contributed by atoms with Gasteiger partial charge in [-0.25, -0.2) is 4.98 Å². The lowest BCUT2D eigenvalue weighted by Crippen LogP contribution is -2.07. The minimum atomic E-state index is 0.234. The Morgan fingerprint density at radius 1 is 1.53 bits per heavy atom. The van der Waals surface area contributed by atoms with E-state index in [-0.39, 0.29) is 6.61 Å². The van der Waals surface area contributed by atoms with Crippen molar-refractivity contribution in [2.24, 2.45) is 0 Å². The molecule has 0 fully saturated rings. The number of anilines is 1. The molecule has 4 nitrogen and oxygen atoms in total. The Balaban J connectivity index is 2.35. The van der Waals surface area contributed by atoms with Crippen molar-refractivity contribution >= 4 is 29.2 Å². The van der Waals surface area contributed by atoms with Crippen LogP contribution in [0.4, 0.5) is 5.82 Å². The van der Waals surface area contributed by atoms with E-state index in [0.717, 1.165) is 24.5 Å². The quantitative estimate of drug-likeness (QED) is 0.744. The van der Waals surface area contributed by atoms with Gasteiger partial charge >= 0.3 is 0 Å². The number of nitrogens with one attached hydrogen (secondary N) is 1. The van der Waals surface area contributed by atoms with Crippen molar-refractivity contribution in [3.8, 4) is 6.07 Å².